The van der Waals surface area contributed by atoms with Crippen LogP contribution in [-0.4, -0.2) is 65.0 Å². The van der Waals surface area contributed by atoms with E-state index in [9.17, 15) is 4.39 Å². The van der Waals surface area contributed by atoms with E-state index in [-0.39, 0.29) is 12.0 Å². The third-order valence-corrected chi connectivity index (χ3v) is 5.58. The number of nitrogens with zero attached hydrogens (tertiary/aromatic N) is 6. The Labute approximate surface area is 156 Å². The Bertz CT molecular complexity index is 834. The summed E-state index contributed by atoms with van der Waals surface area (Å²) in [4.78, 5) is 22.4. The average Bonchev–Trinajstić information content (AvgIpc) is 3.10. The predicted molar refractivity (Wildman–Crippen MR) is 99.5 cm³/mol. The lowest BCUT2D eigenvalue weighted by Gasteiger charge is -2.38. The Hall–Kier alpha value is -2.55. The molecule has 1 saturated carbocycles. The van der Waals surface area contributed by atoms with Crippen molar-refractivity contribution >= 4 is 17.7 Å². The van der Waals surface area contributed by atoms with Crippen LogP contribution in [-0.2, 0) is 11.2 Å². The number of ether oxygens (including phenoxy) is 1. The van der Waals surface area contributed by atoms with Crippen LogP contribution in [0, 0.1) is 0 Å². The fourth-order valence-corrected chi connectivity index (χ4v) is 4.00. The zero-order chi connectivity index (χ0) is 18.4. The van der Waals surface area contributed by atoms with Crippen molar-refractivity contribution in [2.45, 2.75) is 31.5 Å². The molecule has 1 saturated heterocycles. The summed E-state index contributed by atoms with van der Waals surface area (Å²) in [7, 11) is 0. The summed E-state index contributed by atoms with van der Waals surface area (Å²) in [5.74, 6) is 1.85. The predicted octanol–water partition coefficient (Wildman–Crippen LogP) is 1.22. The van der Waals surface area contributed by atoms with Crippen molar-refractivity contribution in [2.24, 2.45) is 0 Å². The van der Waals surface area contributed by atoms with E-state index >= 15 is 0 Å². The summed E-state index contributed by atoms with van der Waals surface area (Å²) in [5, 5.41) is 0. The number of rotatable bonds is 3. The van der Waals surface area contributed by atoms with Gasteiger partial charge in [-0.1, -0.05) is 0 Å². The van der Waals surface area contributed by atoms with Crippen LogP contribution in [0.2, 0.25) is 0 Å². The molecule has 5 rings (SSSR count). The number of alkyl halides is 1. The van der Waals surface area contributed by atoms with Crippen LogP contribution in [0.3, 0.4) is 0 Å². The molecule has 27 heavy (non-hydrogen) atoms. The second-order valence-corrected chi connectivity index (χ2v) is 7.27. The molecule has 0 amide bonds. The molecule has 0 bridgehead atoms. The molecule has 2 aromatic heterocycles. The molecule has 4 heterocycles. The maximum atomic E-state index is 13.4. The molecule has 0 spiro atoms. The standard InChI is InChI=1S/C18H22FN7O/c19-12-7-13(8-12)26-2-1-14-15(11-9-21-17(20)22-10-11)23-18(24-16(14)26)25-3-5-27-6-4-25/h9-10,12-13H,1-8H2,(H2,20,21,22)/t12-,13+. The van der Waals surface area contributed by atoms with E-state index in [0.717, 1.165) is 48.7 Å². The molecule has 2 aromatic rings. The van der Waals surface area contributed by atoms with Gasteiger partial charge in [-0.15, -0.1) is 0 Å². The number of anilines is 3. The highest BCUT2D eigenvalue weighted by Gasteiger charge is 2.39. The van der Waals surface area contributed by atoms with Crippen molar-refractivity contribution in [3.63, 3.8) is 0 Å². The van der Waals surface area contributed by atoms with Gasteiger partial charge in [0, 0.05) is 49.2 Å². The molecule has 2 fully saturated rings. The molecule has 2 N–H and O–H groups in total. The van der Waals surface area contributed by atoms with Crippen LogP contribution in [0.5, 0.6) is 0 Å². The number of hydrogen-bond acceptors (Lipinski definition) is 8. The van der Waals surface area contributed by atoms with Crippen molar-refractivity contribution in [3.05, 3.63) is 18.0 Å². The number of aromatic nitrogens is 4. The second kappa shape index (κ2) is 6.56. The van der Waals surface area contributed by atoms with Crippen LogP contribution < -0.4 is 15.5 Å². The maximum absolute atomic E-state index is 13.4. The van der Waals surface area contributed by atoms with Gasteiger partial charge in [0.2, 0.25) is 11.9 Å². The van der Waals surface area contributed by atoms with Gasteiger partial charge in [0.25, 0.3) is 0 Å². The largest absolute Gasteiger partial charge is 0.378 e. The fourth-order valence-electron chi connectivity index (χ4n) is 4.00. The van der Waals surface area contributed by atoms with Crippen molar-refractivity contribution in [1.29, 1.82) is 0 Å². The fraction of sp³-hybridized carbons (Fsp3) is 0.556. The van der Waals surface area contributed by atoms with Crippen LogP contribution in [0.1, 0.15) is 18.4 Å². The molecule has 0 atom stereocenters. The van der Waals surface area contributed by atoms with Crippen LogP contribution in [0.15, 0.2) is 12.4 Å². The first-order valence-corrected chi connectivity index (χ1v) is 9.41. The van der Waals surface area contributed by atoms with Gasteiger partial charge >= 0.3 is 0 Å². The second-order valence-electron chi connectivity index (χ2n) is 7.27. The van der Waals surface area contributed by atoms with Crippen molar-refractivity contribution < 1.29 is 9.13 Å². The number of morpholine rings is 1. The summed E-state index contributed by atoms with van der Waals surface area (Å²) >= 11 is 0. The Morgan fingerprint density at radius 2 is 1.81 bits per heavy atom. The average molecular weight is 371 g/mol. The molecular weight excluding hydrogens is 349 g/mol. The maximum Gasteiger partial charge on any atom is 0.228 e. The summed E-state index contributed by atoms with van der Waals surface area (Å²) in [6.45, 7) is 3.68. The molecule has 1 aliphatic carbocycles. The highest BCUT2D eigenvalue weighted by Crippen LogP contribution is 2.40. The van der Waals surface area contributed by atoms with E-state index in [4.69, 9.17) is 20.4 Å². The molecular formula is C18H22FN7O. The lowest BCUT2D eigenvalue weighted by atomic mass is 9.89. The highest BCUT2D eigenvalue weighted by molar-refractivity contribution is 5.72. The van der Waals surface area contributed by atoms with Crippen LogP contribution in [0.25, 0.3) is 11.3 Å². The first-order valence-electron chi connectivity index (χ1n) is 9.41. The smallest absolute Gasteiger partial charge is 0.228 e. The van der Waals surface area contributed by atoms with Crippen LogP contribution in [0.4, 0.5) is 22.1 Å². The van der Waals surface area contributed by atoms with Gasteiger partial charge in [-0.25, -0.2) is 19.3 Å². The van der Waals surface area contributed by atoms with Gasteiger partial charge in [-0.2, -0.15) is 4.98 Å². The number of nitrogen functional groups attached to an aromatic ring is 1. The van der Waals surface area contributed by atoms with E-state index in [1.54, 1.807) is 12.4 Å². The number of halogens is 1. The topological polar surface area (TPSA) is 93.3 Å². The number of fused-ring (bicyclic) bond motifs is 1. The first-order chi connectivity index (χ1) is 13.2. The van der Waals surface area contributed by atoms with Crippen molar-refractivity contribution in [2.75, 3.05) is 48.4 Å². The van der Waals surface area contributed by atoms with E-state index in [1.807, 2.05) is 0 Å². The Morgan fingerprint density at radius 3 is 2.52 bits per heavy atom. The van der Waals surface area contributed by atoms with Gasteiger partial charge < -0.3 is 20.3 Å². The van der Waals surface area contributed by atoms with E-state index in [2.05, 4.69) is 19.8 Å². The SMILES string of the molecule is Nc1ncc(-c2nc(N3CCOCC3)nc3c2CCN3[C@H]2C[C@@H](F)C2)cn1. The molecule has 0 radical (unpaired) electrons. The van der Waals surface area contributed by atoms with E-state index in [0.29, 0.717) is 32.0 Å². The van der Waals surface area contributed by atoms with Gasteiger partial charge in [0.15, 0.2) is 0 Å². The lowest BCUT2D eigenvalue weighted by molar-refractivity contribution is 0.122. The summed E-state index contributed by atoms with van der Waals surface area (Å²) in [6, 6.07) is 0.226. The summed E-state index contributed by atoms with van der Waals surface area (Å²) < 4.78 is 18.9. The Kier molecular flexibility index (Phi) is 4.04. The molecule has 142 valence electrons. The molecule has 8 nitrogen and oxygen atoms in total. The number of hydrogen-bond donors (Lipinski definition) is 1. The third kappa shape index (κ3) is 2.95. The minimum Gasteiger partial charge on any atom is -0.378 e. The molecule has 0 aromatic carbocycles. The molecule has 3 aliphatic rings. The molecule has 9 heteroatoms. The normalized spacial score (nSPS) is 24.6. The monoisotopic (exact) mass is 371 g/mol. The Balaban J connectivity index is 1.58. The van der Waals surface area contributed by atoms with Crippen molar-refractivity contribution in [1.82, 2.24) is 19.9 Å². The third-order valence-electron chi connectivity index (χ3n) is 5.58. The van der Waals surface area contributed by atoms with Crippen molar-refractivity contribution in [3.8, 4) is 11.3 Å². The minimum absolute atomic E-state index is 0.226. The minimum atomic E-state index is -0.690. The van der Waals surface area contributed by atoms with Gasteiger partial charge in [-0.3, -0.25) is 0 Å². The van der Waals surface area contributed by atoms with E-state index in [1.165, 1.54) is 0 Å². The Morgan fingerprint density at radius 1 is 1.07 bits per heavy atom. The van der Waals surface area contributed by atoms with E-state index < -0.39 is 6.17 Å². The summed E-state index contributed by atoms with van der Waals surface area (Å²) in [6.07, 6.45) is 4.72. The molecule has 0 unspecified atom stereocenters. The highest BCUT2D eigenvalue weighted by atomic mass is 19.1. The van der Waals surface area contributed by atoms with Gasteiger partial charge in [0.1, 0.15) is 12.0 Å². The lowest BCUT2D eigenvalue weighted by Crippen LogP contribution is -2.45. The zero-order valence-corrected chi connectivity index (χ0v) is 15.0. The first kappa shape index (κ1) is 16.6. The molecule has 2 aliphatic heterocycles. The quantitative estimate of drug-likeness (QED) is 0.861. The summed E-state index contributed by atoms with van der Waals surface area (Å²) in [5.41, 5.74) is 8.41. The van der Waals surface area contributed by atoms with Crippen LogP contribution >= 0.6 is 0 Å². The zero-order valence-electron chi connectivity index (χ0n) is 15.0. The number of nitrogens with two attached hydrogens (primary N) is 1. The van der Waals surface area contributed by atoms with Gasteiger partial charge in [-0.05, 0) is 19.3 Å². The van der Waals surface area contributed by atoms with Gasteiger partial charge in [0.05, 0.1) is 18.9 Å².